The van der Waals surface area contributed by atoms with Gasteiger partial charge in [-0.15, -0.1) is 0 Å². The molecule has 2 nitrogen and oxygen atoms in total. The van der Waals surface area contributed by atoms with Crippen molar-refractivity contribution in [1.82, 2.24) is 4.90 Å². The van der Waals surface area contributed by atoms with Crippen LogP contribution >= 0.6 is 0 Å². The highest BCUT2D eigenvalue weighted by Gasteiger charge is 2.16. The molecule has 1 rings (SSSR count). The number of benzene rings is 1. The van der Waals surface area contributed by atoms with Crippen LogP contribution < -0.4 is 0 Å². The molecule has 0 bridgehead atoms. The molecule has 0 amide bonds. The van der Waals surface area contributed by atoms with Gasteiger partial charge < -0.3 is 4.90 Å². The van der Waals surface area contributed by atoms with Crippen LogP contribution in [-0.2, 0) is 6.42 Å². The maximum absolute atomic E-state index is 8.95. The maximum Gasteiger partial charge on any atom is 0.0684 e. The minimum absolute atomic E-state index is 0.207. The fourth-order valence-corrected chi connectivity index (χ4v) is 1.60. The molecule has 0 saturated heterocycles. The van der Waals surface area contributed by atoms with Gasteiger partial charge in [0.25, 0.3) is 0 Å². The van der Waals surface area contributed by atoms with Crippen molar-refractivity contribution in [1.29, 1.82) is 5.26 Å². The maximum atomic E-state index is 8.95. The van der Waals surface area contributed by atoms with E-state index in [2.05, 4.69) is 42.3 Å². The van der Waals surface area contributed by atoms with Crippen LogP contribution in [0, 0.1) is 16.7 Å². The molecule has 0 unspecified atom stereocenters. The van der Waals surface area contributed by atoms with E-state index in [9.17, 15) is 0 Å². The molecule has 0 aliphatic rings. The van der Waals surface area contributed by atoms with Crippen LogP contribution in [0.1, 0.15) is 25.8 Å². The molecule has 0 atom stereocenters. The van der Waals surface area contributed by atoms with E-state index >= 15 is 0 Å². The van der Waals surface area contributed by atoms with Gasteiger partial charge in [0.1, 0.15) is 0 Å². The van der Waals surface area contributed by atoms with Gasteiger partial charge in [-0.3, -0.25) is 0 Å². The summed E-state index contributed by atoms with van der Waals surface area (Å²) in [6, 6.07) is 12.9. The first-order valence-corrected chi connectivity index (χ1v) is 6.17. The number of nitriles is 1. The third-order valence-corrected chi connectivity index (χ3v) is 3.05. The van der Waals surface area contributed by atoms with Crippen molar-refractivity contribution in [3.05, 3.63) is 35.9 Å². The average molecular weight is 230 g/mol. The van der Waals surface area contributed by atoms with Crippen LogP contribution in [0.25, 0.3) is 0 Å². The molecule has 92 valence electrons. The molecular weight excluding hydrogens is 208 g/mol. The van der Waals surface area contributed by atoms with Gasteiger partial charge in [0.15, 0.2) is 0 Å². The van der Waals surface area contributed by atoms with Gasteiger partial charge in [-0.1, -0.05) is 30.3 Å². The molecule has 0 saturated carbocycles. The number of likely N-dealkylation sites (N-methyl/N-ethyl adjacent to an activating group) is 1. The lowest BCUT2D eigenvalue weighted by Gasteiger charge is -2.21. The summed E-state index contributed by atoms with van der Waals surface area (Å²) in [7, 11) is 2.12. The third kappa shape index (κ3) is 5.51. The number of nitrogens with zero attached hydrogens (tertiary/aromatic N) is 2. The van der Waals surface area contributed by atoms with Crippen molar-refractivity contribution in [2.24, 2.45) is 5.41 Å². The van der Waals surface area contributed by atoms with Gasteiger partial charge in [-0.2, -0.15) is 5.26 Å². The first kappa shape index (κ1) is 13.7. The van der Waals surface area contributed by atoms with E-state index in [1.807, 2.05) is 19.9 Å². The summed E-state index contributed by atoms with van der Waals surface area (Å²) >= 11 is 0. The van der Waals surface area contributed by atoms with Crippen molar-refractivity contribution in [3.63, 3.8) is 0 Å². The van der Waals surface area contributed by atoms with Gasteiger partial charge in [0.05, 0.1) is 11.5 Å². The first-order valence-electron chi connectivity index (χ1n) is 6.17. The van der Waals surface area contributed by atoms with Gasteiger partial charge in [0.2, 0.25) is 0 Å². The smallest absolute Gasteiger partial charge is 0.0684 e. The van der Waals surface area contributed by atoms with Gasteiger partial charge in [-0.05, 0) is 45.8 Å². The summed E-state index contributed by atoms with van der Waals surface area (Å²) in [5, 5.41) is 8.95. The van der Waals surface area contributed by atoms with Crippen LogP contribution in [0.5, 0.6) is 0 Å². The molecule has 1 aromatic carbocycles. The molecule has 0 heterocycles. The Bertz CT molecular complexity index is 362. The van der Waals surface area contributed by atoms with Crippen molar-refractivity contribution in [2.75, 3.05) is 20.1 Å². The normalized spacial score (nSPS) is 11.5. The van der Waals surface area contributed by atoms with E-state index in [-0.39, 0.29) is 5.41 Å². The standard InChI is InChI=1S/C15H22N2/c1-15(2,13-16)10-12-17(3)11-9-14-7-5-4-6-8-14/h4-8H,9-12H2,1-3H3. The first-order chi connectivity index (χ1) is 8.03. The van der Waals surface area contributed by atoms with Crippen LogP contribution in [0.2, 0.25) is 0 Å². The number of hydrogen-bond donors (Lipinski definition) is 0. The Morgan fingerprint density at radius 1 is 1.18 bits per heavy atom. The van der Waals surface area contributed by atoms with Crippen LogP contribution in [-0.4, -0.2) is 25.0 Å². The summed E-state index contributed by atoms with van der Waals surface area (Å²) in [6.07, 6.45) is 2.00. The predicted octanol–water partition coefficient (Wildman–Crippen LogP) is 3.10. The second kappa shape index (κ2) is 6.42. The second-order valence-electron chi connectivity index (χ2n) is 5.28. The van der Waals surface area contributed by atoms with Crippen LogP contribution in [0.15, 0.2) is 30.3 Å². The lowest BCUT2D eigenvalue weighted by Crippen LogP contribution is -2.26. The average Bonchev–Trinajstić information content (AvgIpc) is 2.35. The molecule has 0 aliphatic heterocycles. The molecule has 0 radical (unpaired) electrons. The Labute approximate surface area is 105 Å². The van der Waals surface area contributed by atoms with E-state index in [0.717, 1.165) is 25.9 Å². The SMILES string of the molecule is CN(CCc1ccccc1)CCC(C)(C)C#N. The van der Waals surface area contributed by atoms with E-state index < -0.39 is 0 Å². The molecule has 0 fully saturated rings. The zero-order valence-electron chi connectivity index (χ0n) is 11.1. The Kier molecular flexibility index (Phi) is 5.18. The van der Waals surface area contributed by atoms with Gasteiger partial charge in [0, 0.05) is 6.54 Å². The third-order valence-electron chi connectivity index (χ3n) is 3.05. The summed E-state index contributed by atoms with van der Waals surface area (Å²) < 4.78 is 0. The molecule has 0 spiro atoms. The Hall–Kier alpha value is -1.33. The largest absolute Gasteiger partial charge is 0.306 e. The Morgan fingerprint density at radius 2 is 1.82 bits per heavy atom. The van der Waals surface area contributed by atoms with Crippen LogP contribution in [0.3, 0.4) is 0 Å². The Morgan fingerprint density at radius 3 is 2.41 bits per heavy atom. The molecular formula is C15H22N2. The van der Waals surface area contributed by atoms with E-state index in [1.54, 1.807) is 0 Å². The molecule has 0 aliphatic carbocycles. The fourth-order valence-electron chi connectivity index (χ4n) is 1.60. The minimum Gasteiger partial charge on any atom is -0.306 e. The lowest BCUT2D eigenvalue weighted by atomic mass is 9.91. The van der Waals surface area contributed by atoms with Gasteiger partial charge in [-0.25, -0.2) is 0 Å². The fraction of sp³-hybridized carbons (Fsp3) is 0.533. The monoisotopic (exact) mass is 230 g/mol. The van der Waals surface area contributed by atoms with Crippen LogP contribution in [0.4, 0.5) is 0 Å². The summed E-state index contributed by atoms with van der Waals surface area (Å²) in [4.78, 5) is 2.30. The molecule has 0 aromatic heterocycles. The van der Waals surface area contributed by atoms with Crippen molar-refractivity contribution < 1.29 is 0 Å². The minimum atomic E-state index is -0.207. The summed E-state index contributed by atoms with van der Waals surface area (Å²) in [6.45, 7) is 6.02. The van der Waals surface area contributed by atoms with Crippen molar-refractivity contribution >= 4 is 0 Å². The summed E-state index contributed by atoms with van der Waals surface area (Å²) in [5.74, 6) is 0. The van der Waals surface area contributed by atoms with Crippen molar-refractivity contribution in [3.8, 4) is 6.07 Å². The van der Waals surface area contributed by atoms with E-state index in [4.69, 9.17) is 5.26 Å². The molecule has 0 N–H and O–H groups in total. The number of rotatable bonds is 6. The molecule has 2 heteroatoms. The zero-order chi connectivity index (χ0) is 12.7. The van der Waals surface area contributed by atoms with E-state index in [1.165, 1.54) is 5.56 Å². The summed E-state index contributed by atoms with van der Waals surface area (Å²) in [5.41, 5.74) is 1.17. The highest BCUT2D eigenvalue weighted by atomic mass is 15.1. The molecule has 1 aromatic rings. The predicted molar refractivity (Wildman–Crippen MR) is 71.7 cm³/mol. The lowest BCUT2D eigenvalue weighted by molar-refractivity contribution is 0.289. The zero-order valence-corrected chi connectivity index (χ0v) is 11.1. The second-order valence-corrected chi connectivity index (χ2v) is 5.28. The highest BCUT2D eigenvalue weighted by molar-refractivity contribution is 5.14. The topological polar surface area (TPSA) is 27.0 Å². The van der Waals surface area contributed by atoms with E-state index in [0.29, 0.717) is 0 Å². The number of hydrogen-bond acceptors (Lipinski definition) is 2. The Balaban J connectivity index is 2.27. The quantitative estimate of drug-likeness (QED) is 0.751. The van der Waals surface area contributed by atoms with Gasteiger partial charge >= 0.3 is 0 Å². The van der Waals surface area contributed by atoms with Crippen molar-refractivity contribution in [2.45, 2.75) is 26.7 Å². The molecule has 17 heavy (non-hydrogen) atoms. The highest BCUT2D eigenvalue weighted by Crippen LogP contribution is 2.18.